The normalized spacial score (nSPS) is 16.1. The van der Waals surface area contributed by atoms with Gasteiger partial charge >= 0.3 is 0 Å². The molecule has 3 aromatic heterocycles. The molecule has 6 nitrogen and oxygen atoms in total. The van der Waals surface area contributed by atoms with Gasteiger partial charge in [0.1, 0.15) is 16.5 Å². The summed E-state index contributed by atoms with van der Waals surface area (Å²) in [4.78, 5) is 19.9. The molecule has 0 fully saturated rings. The lowest BCUT2D eigenvalue weighted by Gasteiger charge is -2.17. The zero-order chi connectivity index (χ0) is 22.4. The second-order valence-electron chi connectivity index (χ2n) is 8.61. The highest BCUT2D eigenvalue weighted by Crippen LogP contribution is 2.40. The number of thiophene rings is 1. The standard InChI is InChI=1S/C23H24FN5OS2/c1-12(2)20-26-22-19(14-9-8-13(3)10-17(14)32-22)21-27-28-23(29(20)21)31-11-18(30)25-16-7-5-4-6-15(16)24/h4-7,12-13H,8-11H2,1-3H3,(H,25,30)/t13-/m0/s1. The first-order valence-electron chi connectivity index (χ1n) is 10.8. The van der Waals surface area contributed by atoms with Crippen LogP contribution >= 0.6 is 23.1 Å². The van der Waals surface area contributed by atoms with Gasteiger partial charge in [0.2, 0.25) is 5.91 Å². The van der Waals surface area contributed by atoms with E-state index in [9.17, 15) is 9.18 Å². The number of fused-ring (bicyclic) bond motifs is 5. The van der Waals surface area contributed by atoms with Crippen LogP contribution in [0.5, 0.6) is 0 Å². The second-order valence-corrected chi connectivity index (χ2v) is 10.6. The minimum Gasteiger partial charge on any atom is -0.323 e. The lowest BCUT2D eigenvalue weighted by Crippen LogP contribution is -2.15. The maximum atomic E-state index is 13.8. The van der Waals surface area contributed by atoms with E-state index >= 15 is 0 Å². The third-order valence-corrected chi connectivity index (χ3v) is 7.87. The number of nitrogens with one attached hydrogen (secondary N) is 1. The predicted octanol–water partition coefficient (Wildman–Crippen LogP) is 5.46. The topological polar surface area (TPSA) is 72.2 Å². The zero-order valence-corrected chi connectivity index (χ0v) is 19.8. The number of carbonyl (C=O) groups excluding carboxylic acids is 1. The van der Waals surface area contributed by atoms with Gasteiger partial charge in [-0.2, -0.15) is 0 Å². The number of hydrogen-bond donors (Lipinski definition) is 1. The number of nitrogens with zero attached hydrogens (tertiary/aromatic N) is 4. The molecule has 0 saturated heterocycles. The molecular weight excluding hydrogens is 445 g/mol. The molecular formula is C23H24FN5OS2. The monoisotopic (exact) mass is 469 g/mol. The van der Waals surface area contributed by atoms with E-state index in [2.05, 4.69) is 36.3 Å². The van der Waals surface area contributed by atoms with Gasteiger partial charge in [-0.15, -0.1) is 21.5 Å². The summed E-state index contributed by atoms with van der Waals surface area (Å²) in [7, 11) is 0. The van der Waals surface area contributed by atoms with E-state index in [-0.39, 0.29) is 23.3 Å². The Morgan fingerprint density at radius 3 is 2.94 bits per heavy atom. The van der Waals surface area contributed by atoms with Gasteiger partial charge < -0.3 is 5.32 Å². The lowest BCUT2D eigenvalue weighted by atomic mass is 9.89. The number of anilines is 1. The average molecular weight is 470 g/mol. The highest BCUT2D eigenvalue weighted by molar-refractivity contribution is 7.99. The molecule has 0 spiro atoms. The Labute approximate surface area is 193 Å². The van der Waals surface area contributed by atoms with Crippen molar-refractivity contribution in [3.05, 3.63) is 46.3 Å². The fourth-order valence-electron chi connectivity index (χ4n) is 4.20. The third-order valence-electron chi connectivity index (χ3n) is 5.79. The van der Waals surface area contributed by atoms with E-state index in [1.54, 1.807) is 29.5 Å². The molecule has 1 N–H and O–H groups in total. The van der Waals surface area contributed by atoms with Gasteiger partial charge in [0.15, 0.2) is 10.8 Å². The van der Waals surface area contributed by atoms with Crippen molar-refractivity contribution in [1.82, 2.24) is 19.6 Å². The van der Waals surface area contributed by atoms with Crippen LogP contribution in [0.25, 0.3) is 15.9 Å². The minimum absolute atomic E-state index is 0.101. The Kier molecular flexibility index (Phi) is 5.63. The van der Waals surface area contributed by atoms with Gasteiger partial charge in [-0.25, -0.2) is 9.37 Å². The highest BCUT2D eigenvalue weighted by atomic mass is 32.2. The molecule has 9 heteroatoms. The van der Waals surface area contributed by atoms with E-state index in [0.29, 0.717) is 11.1 Å². The molecule has 5 rings (SSSR count). The number of benzene rings is 1. The Bertz CT molecular complexity index is 1330. The molecule has 32 heavy (non-hydrogen) atoms. The number of thioether (sulfide) groups is 1. The molecule has 0 unspecified atom stereocenters. The SMILES string of the molecule is CC(C)c1nc2sc3c(c2c2nnc(SCC(=O)Nc4ccccc4F)n12)CC[C@H](C)C3. The molecule has 0 radical (unpaired) electrons. The van der Waals surface area contributed by atoms with Crippen LogP contribution in [0.3, 0.4) is 0 Å². The van der Waals surface area contributed by atoms with Gasteiger partial charge in [-0.1, -0.05) is 44.7 Å². The Hall–Kier alpha value is -2.52. The van der Waals surface area contributed by atoms with Crippen LogP contribution in [0.2, 0.25) is 0 Å². The van der Waals surface area contributed by atoms with Crippen molar-refractivity contribution in [2.24, 2.45) is 5.92 Å². The molecule has 1 atom stereocenters. The van der Waals surface area contributed by atoms with E-state index in [1.807, 2.05) is 4.40 Å². The number of carbonyl (C=O) groups is 1. The van der Waals surface area contributed by atoms with Crippen molar-refractivity contribution >= 4 is 50.6 Å². The number of halogens is 1. The van der Waals surface area contributed by atoms with E-state index in [4.69, 9.17) is 4.98 Å². The van der Waals surface area contributed by atoms with Crippen LogP contribution in [-0.4, -0.2) is 31.2 Å². The van der Waals surface area contributed by atoms with Crippen LogP contribution in [0.1, 0.15) is 49.4 Å². The second kappa shape index (κ2) is 8.44. The molecule has 166 valence electrons. The average Bonchev–Trinajstić information content (AvgIpc) is 3.33. The van der Waals surface area contributed by atoms with Crippen molar-refractivity contribution in [1.29, 1.82) is 0 Å². The summed E-state index contributed by atoms with van der Waals surface area (Å²) in [6.07, 6.45) is 3.30. The molecule has 0 aliphatic heterocycles. The zero-order valence-electron chi connectivity index (χ0n) is 18.2. The number of rotatable bonds is 5. The van der Waals surface area contributed by atoms with Crippen LogP contribution in [0.4, 0.5) is 10.1 Å². The fourth-order valence-corrected chi connectivity index (χ4v) is 6.32. The summed E-state index contributed by atoms with van der Waals surface area (Å²) >= 11 is 3.07. The van der Waals surface area contributed by atoms with Crippen molar-refractivity contribution in [2.75, 3.05) is 11.1 Å². The van der Waals surface area contributed by atoms with Crippen LogP contribution < -0.4 is 5.32 Å². The molecule has 4 aromatic rings. The van der Waals surface area contributed by atoms with Crippen LogP contribution in [0, 0.1) is 11.7 Å². The predicted molar refractivity (Wildman–Crippen MR) is 127 cm³/mol. The smallest absolute Gasteiger partial charge is 0.234 e. The number of para-hydroxylation sites is 1. The van der Waals surface area contributed by atoms with Gasteiger partial charge in [-0.05, 0) is 42.9 Å². The van der Waals surface area contributed by atoms with Gasteiger partial charge in [0, 0.05) is 10.8 Å². The number of aryl methyl sites for hydroxylation is 1. The molecule has 0 saturated carbocycles. The molecule has 1 aliphatic carbocycles. The molecule has 1 aromatic carbocycles. The molecule has 0 bridgehead atoms. The summed E-state index contributed by atoms with van der Waals surface area (Å²) < 4.78 is 15.8. The summed E-state index contributed by atoms with van der Waals surface area (Å²) in [6, 6.07) is 6.14. The summed E-state index contributed by atoms with van der Waals surface area (Å²) in [6.45, 7) is 6.50. The molecule has 3 heterocycles. The highest BCUT2D eigenvalue weighted by Gasteiger charge is 2.26. The van der Waals surface area contributed by atoms with Gasteiger partial charge in [0.25, 0.3) is 0 Å². The maximum Gasteiger partial charge on any atom is 0.234 e. The number of aromatic nitrogens is 4. The Balaban J connectivity index is 1.49. The number of hydrogen-bond acceptors (Lipinski definition) is 6. The first-order valence-corrected chi connectivity index (χ1v) is 12.6. The van der Waals surface area contributed by atoms with Gasteiger partial charge in [-0.3, -0.25) is 9.20 Å². The van der Waals surface area contributed by atoms with Crippen molar-refractivity contribution in [2.45, 2.75) is 51.1 Å². The fraction of sp³-hybridized carbons (Fsp3) is 0.391. The minimum atomic E-state index is -0.455. The van der Waals surface area contributed by atoms with Crippen LogP contribution in [0.15, 0.2) is 29.4 Å². The number of amides is 1. The van der Waals surface area contributed by atoms with Crippen molar-refractivity contribution < 1.29 is 9.18 Å². The van der Waals surface area contributed by atoms with E-state index in [0.717, 1.165) is 34.5 Å². The first kappa shape index (κ1) is 21.3. The molecule has 1 amide bonds. The third kappa shape index (κ3) is 3.77. The van der Waals surface area contributed by atoms with Gasteiger partial charge in [0.05, 0.1) is 16.8 Å². The largest absolute Gasteiger partial charge is 0.323 e. The maximum absolute atomic E-state index is 13.8. The van der Waals surface area contributed by atoms with Crippen molar-refractivity contribution in [3.63, 3.8) is 0 Å². The Morgan fingerprint density at radius 1 is 1.34 bits per heavy atom. The quantitative estimate of drug-likeness (QED) is 0.393. The van der Waals surface area contributed by atoms with Crippen LogP contribution in [-0.2, 0) is 17.6 Å². The Morgan fingerprint density at radius 2 is 2.16 bits per heavy atom. The molecule has 1 aliphatic rings. The summed E-state index contributed by atoms with van der Waals surface area (Å²) in [5, 5.41) is 13.3. The lowest BCUT2D eigenvalue weighted by molar-refractivity contribution is -0.113. The van der Waals surface area contributed by atoms with E-state index < -0.39 is 5.82 Å². The van der Waals surface area contributed by atoms with Crippen molar-refractivity contribution in [3.8, 4) is 0 Å². The van der Waals surface area contributed by atoms with E-state index in [1.165, 1.54) is 34.7 Å². The first-order chi connectivity index (χ1) is 15.4. The summed E-state index contributed by atoms with van der Waals surface area (Å²) in [5.74, 6) is 1.10. The summed E-state index contributed by atoms with van der Waals surface area (Å²) in [5.41, 5.74) is 2.36.